The second-order valence-corrected chi connectivity index (χ2v) is 7.59. The Bertz CT molecular complexity index is 428. The van der Waals surface area contributed by atoms with E-state index >= 15 is 0 Å². The highest BCUT2D eigenvalue weighted by molar-refractivity contribution is 7.99. The molecule has 2 saturated heterocycles. The van der Waals surface area contributed by atoms with Crippen LogP contribution in [-0.2, 0) is 0 Å². The Balaban J connectivity index is 1.40. The summed E-state index contributed by atoms with van der Waals surface area (Å²) in [6, 6.07) is 0.847. The largest absolute Gasteiger partial charge is 0.354 e. The molecular weight excluding hydrogens is 304 g/mol. The lowest BCUT2D eigenvalue weighted by Gasteiger charge is -2.39. The highest BCUT2D eigenvalue weighted by Crippen LogP contribution is 2.26. The molecule has 0 unspecified atom stereocenters. The first-order valence-corrected chi connectivity index (χ1v) is 9.38. The molecule has 0 aromatic carbocycles. The molecule has 6 heteroatoms. The lowest BCUT2D eigenvalue weighted by molar-refractivity contribution is 0.129. The van der Waals surface area contributed by atoms with Gasteiger partial charge in [0, 0.05) is 12.6 Å². The highest BCUT2D eigenvalue weighted by atomic mass is 35.5. The van der Waals surface area contributed by atoms with Crippen LogP contribution in [0.25, 0.3) is 0 Å². The van der Waals surface area contributed by atoms with E-state index in [4.69, 9.17) is 11.6 Å². The van der Waals surface area contributed by atoms with Gasteiger partial charge in [-0.1, -0.05) is 11.6 Å². The van der Waals surface area contributed by atoms with Crippen molar-refractivity contribution in [2.75, 3.05) is 36.5 Å². The molecule has 1 N–H and O–H groups in total. The van der Waals surface area contributed by atoms with Gasteiger partial charge in [-0.25, -0.2) is 9.97 Å². The van der Waals surface area contributed by atoms with E-state index in [0.29, 0.717) is 11.0 Å². The van der Waals surface area contributed by atoms with Crippen LogP contribution in [0.4, 0.5) is 5.95 Å². The standard InChI is InChI=1S/C15H23ClN4S/c16-13-10-18-15(19-11-13)17-9-12-1-5-20(6-2-12)14-3-7-21-8-4-14/h10-12,14H,1-9H2,(H,17,18,19). The molecule has 0 saturated carbocycles. The molecule has 0 aliphatic carbocycles. The lowest BCUT2D eigenvalue weighted by atomic mass is 9.94. The van der Waals surface area contributed by atoms with E-state index in [-0.39, 0.29) is 0 Å². The van der Waals surface area contributed by atoms with Gasteiger partial charge in [0.05, 0.1) is 17.4 Å². The zero-order valence-corrected chi connectivity index (χ0v) is 13.9. The smallest absolute Gasteiger partial charge is 0.222 e. The number of anilines is 1. The second kappa shape index (κ2) is 7.65. The summed E-state index contributed by atoms with van der Waals surface area (Å²) in [6.07, 6.45) is 8.61. The average molecular weight is 327 g/mol. The molecular formula is C15H23ClN4S. The van der Waals surface area contributed by atoms with Crippen molar-refractivity contribution in [3.05, 3.63) is 17.4 Å². The summed E-state index contributed by atoms with van der Waals surface area (Å²) < 4.78 is 0. The normalized spacial score (nSPS) is 22.3. The Labute approximate surface area is 136 Å². The molecule has 116 valence electrons. The Hall–Kier alpha value is -0.520. The van der Waals surface area contributed by atoms with Gasteiger partial charge >= 0.3 is 0 Å². The minimum Gasteiger partial charge on any atom is -0.354 e. The fraction of sp³-hybridized carbons (Fsp3) is 0.733. The van der Waals surface area contributed by atoms with Crippen molar-refractivity contribution in [3.8, 4) is 0 Å². The quantitative estimate of drug-likeness (QED) is 0.920. The molecule has 0 bridgehead atoms. The van der Waals surface area contributed by atoms with Gasteiger partial charge in [0.2, 0.25) is 5.95 Å². The van der Waals surface area contributed by atoms with Crippen molar-refractivity contribution in [2.24, 2.45) is 5.92 Å². The van der Waals surface area contributed by atoms with Gasteiger partial charge in [-0.05, 0) is 56.2 Å². The van der Waals surface area contributed by atoms with Gasteiger partial charge in [-0.2, -0.15) is 11.8 Å². The third-order valence-corrected chi connectivity index (χ3v) is 5.77. The monoisotopic (exact) mass is 326 g/mol. The number of piperidine rings is 1. The number of hydrogen-bond acceptors (Lipinski definition) is 5. The van der Waals surface area contributed by atoms with Gasteiger partial charge < -0.3 is 10.2 Å². The van der Waals surface area contributed by atoms with E-state index < -0.39 is 0 Å². The van der Waals surface area contributed by atoms with E-state index in [2.05, 4.69) is 31.9 Å². The fourth-order valence-corrected chi connectivity index (χ4v) is 4.39. The molecule has 2 fully saturated rings. The van der Waals surface area contributed by atoms with Crippen molar-refractivity contribution in [2.45, 2.75) is 31.7 Å². The molecule has 0 radical (unpaired) electrons. The second-order valence-electron chi connectivity index (χ2n) is 5.93. The van der Waals surface area contributed by atoms with Crippen LogP contribution in [-0.4, -0.2) is 52.0 Å². The topological polar surface area (TPSA) is 41.1 Å². The maximum atomic E-state index is 5.79. The van der Waals surface area contributed by atoms with Crippen molar-refractivity contribution >= 4 is 29.3 Å². The molecule has 2 aliphatic heterocycles. The predicted molar refractivity (Wildman–Crippen MR) is 90.2 cm³/mol. The number of thioether (sulfide) groups is 1. The molecule has 0 atom stereocenters. The van der Waals surface area contributed by atoms with E-state index in [9.17, 15) is 0 Å². The summed E-state index contributed by atoms with van der Waals surface area (Å²) in [5.41, 5.74) is 0. The molecule has 0 amide bonds. The molecule has 0 spiro atoms. The summed E-state index contributed by atoms with van der Waals surface area (Å²) >= 11 is 7.90. The Kier molecular flexibility index (Phi) is 5.61. The van der Waals surface area contributed by atoms with E-state index in [1.807, 2.05) is 0 Å². The van der Waals surface area contributed by atoms with Crippen LogP contribution in [0.5, 0.6) is 0 Å². The first-order valence-electron chi connectivity index (χ1n) is 7.84. The van der Waals surface area contributed by atoms with Crippen LogP contribution in [0.2, 0.25) is 5.02 Å². The zero-order valence-electron chi connectivity index (χ0n) is 12.3. The van der Waals surface area contributed by atoms with E-state index in [1.165, 1.54) is 50.3 Å². The van der Waals surface area contributed by atoms with E-state index in [0.717, 1.165) is 18.5 Å². The molecule has 4 nitrogen and oxygen atoms in total. The predicted octanol–water partition coefficient (Wildman–Crippen LogP) is 3.15. The average Bonchev–Trinajstić information content (AvgIpc) is 2.56. The fourth-order valence-electron chi connectivity index (χ4n) is 3.21. The molecule has 1 aromatic rings. The van der Waals surface area contributed by atoms with Crippen LogP contribution in [0.15, 0.2) is 12.4 Å². The van der Waals surface area contributed by atoms with Gasteiger partial charge in [0.25, 0.3) is 0 Å². The summed E-state index contributed by atoms with van der Waals surface area (Å²) in [6.45, 7) is 3.47. The first kappa shape index (κ1) is 15.4. The van der Waals surface area contributed by atoms with Crippen molar-refractivity contribution < 1.29 is 0 Å². The van der Waals surface area contributed by atoms with Crippen LogP contribution in [0, 0.1) is 5.92 Å². The van der Waals surface area contributed by atoms with Gasteiger partial charge in [0.1, 0.15) is 0 Å². The van der Waals surface area contributed by atoms with Crippen molar-refractivity contribution in [1.82, 2.24) is 14.9 Å². The molecule has 21 heavy (non-hydrogen) atoms. The minimum atomic E-state index is 0.583. The Morgan fingerprint density at radius 2 is 1.81 bits per heavy atom. The molecule has 1 aromatic heterocycles. The zero-order chi connectivity index (χ0) is 14.5. The Morgan fingerprint density at radius 1 is 1.14 bits per heavy atom. The molecule has 3 heterocycles. The number of hydrogen-bond donors (Lipinski definition) is 1. The van der Waals surface area contributed by atoms with E-state index in [1.54, 1.807) is 12.4 Å². The lowest BCUT2D eigenvalue weighted by Crippen LogP contribution is -2.44. The maximum Gasteiger partial charge on any atom is 0.222 e. The van der Waals surface area contributed by atoms with Crippen LogP contribution < -0.4 is 5.32 Å². The van der Waals surface area contributed by atoms with Crippen LogP contribution >= 0.6 is 23.4 Å². The number of likely N-dealkylation sites (tertiary alicyclic amines) is 1. The SMILES string of the molecule is Clc1cnc(NCC2CCN(C3CCSCC3)CC2)nc1. The van der Waals surface area contributed by atoms with Gasteiger partial charge in [-0.3, -0.25) is 0 Å². The van der Waals surface area contributed by atoms with Gasteiger partial charge in [-0.15, -0.1) is 0 Å². The van der Waals surface area contributed by atoms with Crippen molar-refractivity contribution in [3.63, 3.8) is 0 Å². The summed E-state index contributed by atoms with van der Waals surface area (Å²) in [7, 11) is 0. The minimum absolute atomic E-state index is 0.583. The number of halogens is 1. The molecule has 3 rings (SSSR count). The molecule has 2 aliphatic rings. The number of nitrogens with zero attached hydrogens (tertiary/aromatic N) is 3. The first-order chi connectivity index (χ1) is 10.3. The van der Waals surface area contributed by atoms with Gasteiger partial charge in [0.15, 0.2) is 0 Å². The van der Waals surface area contributed by atoms with Crippen LogP contribution in [0.1, 0.15) is 25.7 Å². The van der Waals surface area contributed by atoms with Crippen LogP contribution in [0.3, 0.4) is 0 Å². The number of nitrogens with one attached hydrogen (secondary N) is 1. The maximum absolute atomic E-state index is 5.79. The van der Waals surface area contributed by atoms with Crippen molar-refractivity contribution in [1.29, 1.82) is 0 Å². The highest BCUT2D eigenvalue weighted by Gasteiger charge is 2.26. The third kappa shape index (κ3) is 4.47. The Morgan fingerprint density at radius 3 is 2.48 bits per heavy atom. The summed E-state index contributed by atoms with van der Waals surface area (Å²) in [5.74, 6) is 4.12. The summed E-state index contributed by atoms with van der Waals surface area (Å²) in [4.78, 5) is 11.1. The third-order valence-electron chi connectivity index (χ3n) is 4.53. The number of aromatic nitrogens is 2. The summed E-state index contributed by atoms with van der Waals surface area (Å²) in [5, 5.41) is 3.92. The number of rotatable bonds is 4.